The number of carbonyl (C=O) groups excluding carboxylic acids is 1. The van der Waals surface area contributed by atoms with Crippen molar-refractivity contribution in [2.75, 3.05) is 6.61 Å². The fourth-order valence-electron chi connectivity index (χ4n) is 4.22. The summed E-state index contributed by atoms with van der Waals surface area (Å²) in [6.07, 6.45) is -1.75. The van der Waals surface area contributed by atoms with Crippen LogP contribution in [0.4, 0.5) is 0 Å². The van der Waals surface area contributed by atoms with E-state index in [1.165, 1.54) is 0 Å². The van der Waals surface area contributed by atoms with Gasteiger partial charge in [0.25, 0.3) is 0 Å². The quantitative estimate of drug-likeness (QED) is 0.822. The maximum Gasteiger partial charge on any atom is 0.310 e. The molecule has 3 rings (SSSR count). The molecule has 1 saturated carbocycles. The highest BCUT2D eigenvalue weighted by Crippen LogP contribution is 2.77. The Morgan fingerprint density at radius 1 is 1.18 bits per heavy atom. The molecule has 0 amide bonds. The van der Waals surface area contributed by atoms with Crippen LogP contribution in [0.1, 0.15) is 26.3 Å². The van der Waals surface area contributed by atoms with Crippen LogP contribution >= 0.6 is 0 Å². The molecule has 1 aromatic rings. The lowest BCUT2D eigenvalue weighted by Gasteiger charge is -2.31. The molecule has 22 heavy (non-hydrogen) atoms. The van der Waals surface area contributed by atoms with Crippen molar-refractivity contribution in [2.24, 2.45) is 16.7 Å². The number of aliphatic hydroxyl groups is 2. The fraction of sp³-hybridized carbons (Fsp3) is 0.588. The van der Waals surface area contributed by atoms with Crippen molar-refractivity contribution < 1.29 is 19.7 Å². The van der Waals surface area contributed by atoms with Gasteiger partial charge in [-0.15, -0.1) is 0 Å². The van der Waals surface area contributed by atoms with Gasteiger partial charge in [-0.25, -0.2) is 4.90 Å². The van der Waals surface area contributed by atoms with E-state index >= 15 is 0 Å². The van der Waals surface area contributed by atoms with Crippen LogP contribution in [-0.2, 0) is 16.1 Å². The van der Waals surface area contributed by atoms with E-state index in [2.05, 4.69) is 0 Å². The molecule has 4 atom stereocenters. The first-order chi connectivity index (χ1) is 10.4. The van der Waals surface area contributed by atoms with E-state index in [1.54, 1.807) is 11.8 Å². The number of benzene rings is 1. The Hall–Kier alpha value is -1.43. The molecule has 2 aliphatic rings. The Morgan fingerprint density at radius 3 is 2.23 bits per heavy atom. The third-order valence-corrected chi connectivity index (χ3v) is 5.71. The molecule has 5 nitrogen and oxygen atoms in total. The van der Waals surface area contributed by atoms with Gasteiger partial charge in [0.1, 0.15) is 12.5 Å². The van der Waals surface area contributed by atoms with E-state index < -0.39 is 29.2 Å². The lowest BCUT2D eigenvalue weighted by atomic mass is 9.98. The van der Waals surface area contributed by atoms with E-state index in [-0.39, 0.29) is 5.97 Å². The van der Waals surface area contributed by atoms with Gasteiger partial charge in [0.05, 0.1) is 12.5 Å². The summed E-state index contributed by atoms with van der Waals surface area (Å²) >= 11 is 0. The summed E-state index contributed by atoms with van der Waals surface area (Å²) in [5.74, 6) is -0.790. The van der Waals surface area contributed by atoms with Gasteiger partial charge in [0, 0.05) is 17.4 Å². The molecule has 1 aliphatic carbocycles. The Kier molecular flexibility index (Phi) is 3.55. The highest BCUT2D eigenvalue weighted by Gasteiger charge is 2.86. The maximum atomic E-state index is 12.1. The number of hydrogen-bond donors (Lipinski definition) is 2. The lowest BCUT2D eigenvalue weighted by Crippen LogP contribution is -2.44. The Bertz CT molecular complexity index is 555. The molecular formula is C17H23NO4. The first-order valence-electron chi connectivity index (χ1n) is 7.71. The van der Waals surface area contributed by atoms with Crippen molar-refractivity contribution in [3.8, 4) is 0 Å². The van der Waals surface area contributed by atoms with Gasteiger partial charge in [0.2, 0.25) is 0 Å². The Labute approximate surface area is 130 Å². The number of likely N-dealkylation sites (tertiary alicyclic amines) is 1. The summed E-state index contributed by atoms with van der Waals surface area (Å²) < 4.78 is 5.10. The number of piperidine rings is 1. The normalized spacial score (nSPS) is 40.3. The zero-order valence-electron chi connectivity index (χ0n) is 13.2. The zero-order valence-corrected chi connectivity index (χ0v) is 13.2. The monoisotopic (exact) mass is 305 g/mol. The van der Waals surface area contributed by atoms with Crippen molar-refractivity contribution in [1.82, 2.24) is 4.90 Å². The van der Waals surface area contributed by atoms with Gasteiger partial charge in [-0.1, -0.05) is 44.2 Å². The first kappa shape index (κ1) is 15.5. The molecule has 2 fully saturated rings. The van der Waals surface area contributed by atoms with E-state index in [4.69, 9.17) is 4.74 Å². The summed E-state index contributed by atoms with van der Waals surface area (Å²) in [6.45, 7) is 6.22. The maximum absolute atomic E-state index is 12.1. The largest absolute Gasteiger partial charge is 0.466 e. The SMILES string of the molecule is CCOC(=O)C1C2(C)C(O)N(Cc3ccccc3)C(O)C12C. The van der Waals surface area contributed by atoms with Crippen LogP contribution in [0.2, 0.25) is 0 Å². The predicted octanol–water partition coefficient (Wildman–Crippen LogP) is 1.34. The standard InChI is InChI=1S/C17H23NO4/c1-4-22-13(19)12-16(2)14(20)18(15(21)17(12,16)3)10-11-8-6-5-7-9-11/h5-9,12,14-15,20-21H,4,10H2,1-3H3. The van der Waals surface area contributed by atoms with Crippen LogP contribution < -0.4 is 0 Å². The average molecular weight is 305 g/mol. The number of carbonyl (C=O) groups is 1. The topological polar surface area (TPSA) is 70.0 Å². The molecule has 1 saturated heterocycles. The van der Waals surface area contributed by atoms with Crippen LogP contribution in [0.15, 0.2) is 30.3 Å². The highest BCUT2D eigenvalue weighted by molar-refractivity contribution is 5.80. The molecule has 1 heterocycles. The number of esters is 1. The van der Waals surface area contributed by atoms with Gasteiger partial charge >= 0.3 is 5.97 Å². The van der Waals surface area contributed by atoms with Crippen LogP contribution in [0, 0.1) is 16.7 Å². The molecule has 5 heteroatoms. The summed E-state index contributed by atoms with van der Waals surface area (Å²) in [6, 6.07) is 9.69. The van der Waals surface area contributed by atoms with E-state index in [0.29, 0.717) is 13.2 Å². The first-order valence-corrected chi connectivity index (χ1v) is 7.71. The second-order valence-electron chi connectivity index (χ2n) is 6.66. The minimum atomic E-state index is -0.873. The van der Waals surface area contributed by atoms with Crippen molar-refractivity contribution in [3.63, 3.8) is 0 Å². The molecule has 1 aliphatic heterocycles. The van der Waals surface area contributed by atoms with Gasteiger partial charge < -0.3 is 14.9 Å². The molecule has 120 valence electrons. The van der Waals surface area contributed by atoms with Crippen LogP contribution in [0.5, 0.6) is 0 Å². The van der Waals surface area contributed by atoms with Crippen molar-refractivity contribution in [1.29, 1.82) is 0 Å². The van der Waals surface area contributed by atoms with Gasteiger partial charge in [-0.2, -0.15) is 0 Å². The molecule has 0 radical (unpaired) electrons. The second-order valence-corrected chi connectivity index (χ2v) is 6.66. The average Bonchev–Trinajstić information content (AvgIpc) is 2.99. The molecule has 2 N–H and O–H groups in total. The number of nitrogens with zero attached hydrogens (tertiary/aromatic N) is 1. The van der Waals surface area contributed by atoms with E-state index in [1.807, 2.05) is 44.2 Å². The summed E-state index contributed by atoms with van der Waals surface area (Å²) in [7, 11) is 0. The number of fused-ring (bicyclic) bond motifs is 1. The number of hydrogen-bond acceptors (Lipinski definition) is 5. The molecule has 0 spiro atoms. The molecule has 1 aromatic carbocycles. The van der Waals surface area contributed by atoms with Crippen LogP contribution in [-0.4, -0.2) is 40.1 Å². The van der Waals surface area contributed by atoms with Crippen molar-refractivity contribution in [2.45, 2.75) is 39.8 Å². The summed E-state index contributed by atoms with van der Waals surface area (Å²) in [5, 5.41) is 21.4. The smallest absolute Gasteiger partial charge is 0.310 e. The molecule has 0 bridgehead atoms. The van der Waals surface area contributed by atoms with Crippen molar-refractivity contribution in [3.05, 3.63) is 35.9 Å². The third-order valence-electron chi connectivity index (χ3n) is 5.71. The van der Waals surface area contributed by atoms with E-state index in [0.717, 1.165) is 5.56 Å². The predicted molar refractivity (Wildman–Crippen MR) is 80.3 cm³/mol. The third kappa shape index (κ3) is 1.79. The van der Waals surface area contributed by atoms with Gasteiger partial charge in [-0.3, -0.25) is 4.79 Å². The number of aliphatic hydroxyl groups excluding tert-OH is 2. The van der Waals surface area contributed by atoms with Gasteiger partial charge in [0.15, 0.2) is 0 Å². The Morgan fingerprint density at radius 2 is 1.73 bits per heavy atom. The lowest BCUT2D eigenvalue weighted by molar-refractivity contribution is -0.156. The van der Waals surface area contributed by atoms with Crippen molar-refractivity contribution >= 4 is 5.97 Å². The molecular weight excluding hydrogens is 282 g/mol. The van der Waals surface area contributed by atoms with E-state index in [9.17, 15) is 15.0 Å². The minimum Gasteiger partial charge on any atom is -0.466 e. The van der Waals surface area contributed by atoms with Gasteiger partial charge in [-0.05, 0) is 12.5 Å². The zero-order chi connectivity index (χ0) is 16.1. The fourth-order valence-corrected chi connectivity index (χ4v) is 4.22. The highest BCUT2D eigenvalue weighted by atomic mass is 16.5. The Balaban J connectivity index is 1.82. The second kappa shape index (κ2) is 5.05. The van der Waals surface area contributed by atoms with Crippen LogP contribution in [0.3, 0.4) is 0 Å². The molecule has 0 aromatic heterocycles. The number of ether oxygens (including phenoxy) is 1. The minimum absolute atomic E-state index is 0.307. The number of rotatable bonds is 4. The molecule has 4 unspecified atom stereocenters. The summed E-state index contributed by atoms with van der Waals surface area (Å²) in [4.78, 5) is 13.8. The summed E-state index contributed by atoms with van der Waals surface area (Å²) in [5.41, 5.74) is -0.331. The van der Waals surface area contributed by atoms with Crippen LogP contribution in [0.25, 0.3) is 0 Å².